The van der Waals surface area contributed by atoms with Crippen LogP contribution in [-0.4, -0.2) is 0 Å². The minimum absolute atomic E-state index is 0.380. The topological polar surface area (TPSA) is 0 Å². The first-order chi connectivity index (χ1) is 10.7. The Morgan fingerprint density at radius 3 is 2.68 bits per heavy atom. The van der Waals surface area contributed by atoms with E-state index in [1.807, 2.05) is 6.07 Å². The molecule has 1 radical (unpaired) electrons. The van der Waals surface area contributed by atoms with Gasteiger partial charge in [0.1, 0.15) is 0 Å². The molecular weight excluding hydrogens is 288 g/mol. The lowest BCUT2D eigenvalue weighted by Crippen LogP contribution is -2.13. The number of fused-ring (bicyclic) bond motifs is 5. The number of benzene rings is 2. The van der Waals surface area contributed by atoms with Gasteiger partial charge < -0.3 is 0 Å². The maximum atomic E-state index is 6.40. The number of allylic oxidation sites excluding steroid dienone is 1. The average Bonchev–Trinajstić information content (AvgIpc) is 2.54. The molecule has 0 aliphatic heterocycles. The molecule has 1 heteroatoms. The second-order valence-corrected chi connectivity index (χ2v) is 6.82. The summed E-state index contributed by atoms with van der Waals surface area (Å²) in [7, 11) is 0. The van der Waals surface area contributed by atoms with E-state index >= 15 is 0 Å². The Kier molecular flexibility index (Phi) is 3.38. The predicted octanol–water partition coefficient (Wildman–Crippen LogP) is 6.22. The highest BCUT2D eigenvalue weighted by atomic mass is 35.5. The van der Waals surface area contributed by atoms with Gasteiger partial charge in [0, 0.05) is 5.02 Å². The van der Waals surface area contributed by atoms with Gasteiger partial charge in [0.2, 0.25) is 0 Å². The molecule has 0 spiro atoms. The van der Waals surface area contributed by atoms with E-state index in [4.69, 9.17) is 11.6 Å². The molecule has 111 valence electrons. The van der Waals surface area contributed by atoms with Gasteiger partial charge in [0.25, 0.3) is 0 Å². The van der Waals surface area contributed by atoms with Crippen molar-refractivity contribution in [2.75, 3.05) is 0 Å². The van der Waals surface area contributed by atoms with Crippen LogP contribution in [0.4, 0.5) is 0 Å². The van der Waals surface area contributed by atoms with Gasteiger partial charge in [-0.25, -0.2) is 0 Å². The first-order valence-electron chi connectivity index (χ1n) is 8.15. The van der Waals surface area contributed by atoms with Crippen molar-refractivity contribution in [2.45, 2.75) is 38.5 Å². The highest BCUT2D eigenvalue weighted by Gasteiger charge is 2.26. The summed E-state index contributed by atoms with van der Waals surface area (Å²) in [5.74, 6) is 0.380. The lowest BCUT2D eigenvalue weighted by atomic mass is 9.75. The summed E-state index contributed by atoms with van der Waals surface area (Å²) in [5, 5.41) is 0.903. The Labute approximate surface area is 137 Å². The fraction of sp³-hybridized carbons (Fsp3) is 0.286. The normalized spacial score (nSPS) is 19.0. The van der Waals surface area contributed by atoms with E-state index in [-0.39, 0.29) is 0 Å². The van der Waals surface area contributed by atoms with Crippen LogP contribution in [0, 0.1) is 6.92 Å². The number of rotatable bonds is 1. The summed E-state index contributed by atoms with van der Waals surface area (Å²) in [6.45, 7) is 6.69. The molecule has 0 nitrogen and oxygen atoms in total. The zero-order chi connectivity index (χ0) is 15.3. The zero-order valence-corrected chi connectivity index (χ0v) is 13.7. The van der Waals surface area contributed by atoms with Gasteiger partial charge >= 0.3 is 0 Å². The number of hydrogen-bond acceptors (Lipinski definition) is 0. The summed E-state index contributed by atoms with van der Waals surface area (Å²) in [5.41, 5.74) is 9.86. The van der Waals surface area contributed by atoms with E-state index in [2.05, 4.69) is 44.2 Å². The van der Waals surface area contributed by atoms with E-state index in [0.717, 1.165) is 30.7 Å². The molecule has 2 aliphatic rings. The van der Waals surface area contributed by atoms with Crippen molar-refractivity contribution in [3.8, 4) is 11.1 Å². The smallest absolute Gasteiger partial charge is 0.0444 e. The SMILES string of the molecule is [CH2]C1CC(CC)=Cc2ccc3c(c21)CCc1c(Cl)cccc1-3. The Balaban J connectivity index is 1.94. The lowest BCUT2D eigenvalue weighted by molar-refractivity contribution is 0.762. The van der Waals surface area contributed by atoms with Gasteiger partial charge in [-0.15, -0.1) is 0 Å². The molecule has 0 bridgehead atoms. The van der Waals surface area contributed by atoms with Crippen molar-refractivity contribution in [3.63, 3.8) is 0 Å². The first kappa shape index (κ1) is 14.1. The maximum Gasteiger partial charge on any atom is 0.0444 e. The van der Waals surface area contributed by atoms with Crippen molar-refractivity contribution in [2.24, 2.45) is 0 Å². The predicted molar refractivity (Wildman–Crippen MR) is 95.3 cm³/mol. The molecule has 0 heterocycles. The fourth-order valence-corrected chi connectivity index (χ4v) is 4.34. The number of halogens is 1. The highest BCUT2D eigenvalue weighted by Crippen LogP contribution is 2.44. The van der Waals surface area contributed by atoms with Gasteiger partial charge in [-0.1, -0.05) is 54.4 Å². The quantitative estimate of drug-likeness (QED) is 0.586. The zero-order valence-electron chi connectivity index (χ0n) is 13.0. The average molecular weight is 308 g/mol. The summed E-state index contributed by atoms with van der Waals surface area (Å²) < 4.78 is 0. The third-order valence-corrected chi connectivity index (χ3v) is 5.51. The second kappa shape index (κ2) is 5.28. The molecule has 1 unspecified atom stereocenters. The van der Waals surface area contributed by atoms with Crippen LogP contribution in [0.2, 0.25) is 5.02 Å². The van der Waals surface area contributed by atoms with Crippen molar-refractivity contribution in [1.82, 2.24) is 0 Å². The minimum Gasteiger partial charge on any atom is -0.0840 e. The van der Waals surface area contributed by atoms with Crippen LogP contribution in [0.25, 0.3) is 17.2 Å². The lowest BCUT2D eigenvalue weighted by Gasteiger charge is -2.30. The van der Waals surface area contributed by atoms with E-state index in [9.17, 15) is 0 Å². The monoisotopic (exact) mass is 307 g/mol. The summed E-state index contributed by atoms with van der Waals surface area (Å²) in [6, 6.07) is 10.8. The molecule has 0 fully saturated rings. The van der Waals surface area contributed by atoms with Gasteiger partial charge in [-0.2, -0.15) is 0 Å². The standard InChI is InChI=1S/C21H20Cl/c1-3-14-11-13(2)21-15(12-14)7-8-17-16-5-4-6-20(22)18(16)9-10-19(17)21/h4-8,12-13H,2-3,9-11H2,1H3. The Bertz CT molecular complexity index is 783. The molecular formula is C21H20Cl. The second-order valence-electron chi connectivity index (χ2n) is 6.42. The first-order valence-corrected chi connectivity index (χ1v) is 8.53. The van der Waals surface area contributed by atoms with Gasteiger partial charge in [0.15, 0.2) is 0 Å². The largest absolute Gasteiger partial charge is 0.0840 e. The highest BCUT2D eigenvalue weighted by molar-refractivity contribution is 6.31. The molecule has 2 aromatic carbocycles. The van der Waals surface area contributed by atoms with E-state index < -0.39 is 0 Å². The molecule has 2 aliphatic carbocycles. The third-order valence-electron chi connectivity index (χ3n) is 5.16. The van der Waals surface area contributed by atoms with E-state index in [1.54, 1.807) is 0 Å². The van der Waals surface area contributed by atoms with Crippen LogP contribution in [0.1, 0.15) is 47.9 Å². The third kappa shape index (κ3) is 2.05. The van der Waals surface area contributed by atoms with Gasteiger partial charge in [0.05, 0.1) is 0 Å². The molecule has 0 saturated carbocycles. The summed E-state index contributed by atoms with van der Waals surface area (Å²) in [6.07, 6.45) is 6.72. The van der Waals surface area contributed by atoms with Crippen molar-refractivity contribution in [3.05, 3.63) is 70.1 Å². The molecule has 1 atom stereocenters. The maximum absolute atomic E-state index is 6.40. The molecule has 2 aromatic rings. The summed E-state index contributed by atoms with van der Waals surface area (Å²) >= 11 is 6.40. The van der Waals surface area contributed by atoms with Crippen molar-refractivity contribution < 1.29 is 0 Å². The number of hydrogen-bond donors (Lipinski definition) is 0. The van der Waals surface area contributed by atoms with Gasteiger partial charge in [-0.05, 0) is 78.0 Å². The Hall–Kier alpha value is -1.53. The molecule has 0 aromatic heterocycles. The molecule has 22 heavy (non-hydrogen) atoms. The van der Waals surface area contributed by atoms with Crippen LogP contribution in [0.5, 0.6) is 0 Å². The van der Waals surface area contributed by atoms with E-state index in [1.165, 1.54) is 39.0 Å². The van der Waals surface area contributed by atoms with Crippen molar-refractivity contribution in [1.29, 1.82) is 0 Å². The minimum atomic E-state index is 0.380. The molecule has 4 rings (SSSR count). The Morgan fingerprint density at radius 2 is 1.86 bits per heavy atom. The molecule has 0 N–H and O–H groups in total. The Morgan fingerprint density at radius 1 is 1.09 bits per heavy atom. The van der Waals surface area contributed by atoms with Gasteiger partial charge in [-0.3, -0.25) is 0 Å². The summed E-state index contributed by atoms with van der Waals surface area (Å²) in [4.78, 5) is 0. The van der Waals surface area contributed by atoms with Crippen LogP contribution in [0.15, 0.2) is 35.9 Å². The van der Waals surface area contributed by atoms with Crippen LogP contribution in [0.3, 0.4) is 0 Å². The van der Waals surface area contributed by atoms with E-state index in [0.29, 0.717) is 5.92 Å². The van der Waals surface area contributed by atoms with Crippen LogP contribution < -0.4 is 0 Å². The van der Waals surface area contributed by atoms with Crippen LogP contribution in [-0.2, 0) is 12.8 Å². The van der Waals surface area contributed by atoms with Crippen molar-refractivity contribution >= 4 is 17.7 Å². The van der Waals surface area contributed by atoms with Crippen LogP contribution >= 0.6 is 11.6 Å². The fourth-order valence-electron chi connectivity index (χ4n) is 4.07. The molecule has 0 amide bonds. The molecule has 0 saturated heterocycles.